The van der Waals surface area contributed by atoms with E-state index >= 15 is 0 Å². The molecular formula is C20H21N5O. The van der Waals surface area contributed by atoms with E-state index in [2.05, 4.69) is 37.8 Å². The number of nitrogens with zero attached hydrogens (tertiary/aromatic N) is 5. The van der Waals surface area contributed by atoms with Crippen molar-refractivity contribution in [3.63, 3.8) is 0 Å². The van der Waals surface area contributed by atoms with Crippen molar-refractivity contribution in [1.29, 1.82) is 0 Å². The number of aromatic nitrogens is 2. The molecule has 1 amide bonds. The fourth-order valence-electron chi connectivity index (χ4n) is 3.47. The standard InChI is InChI=1S/C20H21N5O/c1-2-3-11-20(22-23-20)12-9-19(26)24-13-10-18-17(14-24)21-15-25(18)16-7-5-4-6-8-16/h1,4-8,15H,3,9-14H2. The largest absolute Gasteiger partial charge is 0.336 e. The van der Waals surface area contributed by atoms with Gasteiger partial charge in [-0.15, -0.1) is 12.3 Å². The molecule has 0 unspecified atom stereocenters. The van der Waals surface area contributed by atoms with Crippen molar-refractivity contribution in [3.8, 4) is 18.0 Å². The maximum Gasteiger partial charge on any atom is 0.223 e. The number of imidazole rings is 1. The maximum absolute atomic E-state index is 12.6. The van der Waals surface area contributed by atoms with E-state index in [0.717, 1.165) is 30.8 Å². The Morgan fingerprint density at radius 1 is 1.23 bits per heavy atom. The molecule has 0 radical (unpaired) electrons. The number of hydrogen-bond donors (Lipinski definition) is 0. The molecule has 0 saturated heterocycles. The van der Waals surface area contributed by atoms with Crippen molar-refractivity contribution >= 4 is 5.91 Å². The molecule has 4 rings (SSSR count). The molecule has 0 atom stereocenters. The van der Waals surface area contributed by atoms with Gasteiger partial charge in [0.2, 0.25) is 5.91 Å². The molecule has 0 N–H and O–H groups in total. The predicted molar refractivity (Wildman–Crippen MR) is 97.6 cm³/mol. The van der Waals surface area contributed by atoms with Gasteiger partial charge in [-0.1, -0.05) is 18.2 Å². The SMILES string of the molecule is C#CCCC1(CCC(=O)N2CCc3c(ncn3-c3ccccc3)C2)N=N1. The molecule has 2 aliphatic heterocycles. The number of amides is 1. The normalized spacial score (nSPS) is 16.8. The molecule has 0 spiro atoms. The van der Waals surface area contributed by atoms with E-state index in [1.54, 1.807) is 0 Å². The van der Waals surface area contributed by atoms with Crippen LogP contribution in [0.3, 0.4) is 0 Å². The van der Waals surface area contributed by atoms with Gasteiger partial charge in [0, 0.05) is 50.0 Å². The van der Waals surface area contributed by atoms with Gasteiger partial charge in [-0.2, -0.15) is 10.2 Å². The van der Waals surface area contributed by atoms with Crippen LogP contribution >= 0.6 is 0 Å². The first-order valence-electron chi connectivity index (χ1n) is 8.97. The summed E-state index contributed by atoms with van der Waals surface area (Å²) in [5, 5.41) is 8.21. The third-order valence-electron chi connectivity index (χ3n) is 5.09. The Balaban J connectivity index is 1.38. The molecular weight excluding hydrogens is 326 g/mol. The Hall–Kier alpha value is -2.94. The molecule has 0 saturated carbocycles. The van der Waals surface area contributed by atoms with Crippen LogP contribution in [0.1, 0.15) is 37.1 Å². The molecule has 1 aromatic carbocycles. The molecule has 2 aromatic rings. The lowest BCUT2D eigenvalue weighted by Crippen LogP contribution is -2.37. The third-order valence-corrected chi connectivity index (χ3v) is 5.09. The van der Waals surface area contributed by atoms with Crippen LogP contribution in [0.25, 0.3) is 5.69 Å². The predicted octanol–water partition coefficient (Wildman–Crippen LogP) is 3.11. The van der Waals surface area contributed by atoms with Crippen LogP contribution in [0.5, 0.6) is 0 Å². The fraction of sp³-hybridized carbons (Fsp3) is 0.400. The Labute approximate surface area is 152 Å². The van der Waals surface area contributed by atoms with E-state index in [4.69, 9.17) is 6.42 Å². The Morgan fingerprint density at radius 3 is 2.77 bits per heavy atom. The monoisotopic (exact) mass is 347 g/mol. The lowest BCUT2D eigenvalue weighted by Gasteiger charge is -2.27. The molecule has 0 aliphatic carbocycles. The van der Waals surface area contributed by atoms with Crippen molar-refractivity contribution in [2.45, 2.75) is 44.3 Å². The minimum atomic E-state index is -0.391. The summed E-state index contributed by atoms with van der Waals surface area (Å²) < 4.78 is 2.12. The molecule has 6 heteroatoms. The molecule has 3 heterocycles. The van der Waals surface area contributed by atoms with E-state index in [-0.39, 0.29) is 5.91 Å². The van der Waals surface area contributed by atoms with E-state index in [9.17, 15) is 4.79 Å². The van der Waals surface area contributed by atoms with Crippen LogP contribution in [0.2, 0.25) is 0 Å². The number of carbonyl (C=O) groups is 1. The fourth-order valence-corrected chi connectivity index (χ4v) is 3.47. The zero-order valence-electron chi connectivity index (χ0n) is 14.6. The van der Waals surface area contributed by atoms with Crippen LogP contribution in [-0.4, -0.2) is 32.6 Å². The second kappa shape index (κ2) is 6.75. The summed E-state index contributed by atoms with van der Waals surface area (Å²) in [5.74, 6) is 2.76. The quantitative estimate of drug-likeness (QED) is 0.754. The molecule has 6 nitrogen and oxygen atoms in total. The van der Waals surface area contributed by atoms with E-state index in [0.29, 0.717) is 25.8 Å². The number of hydrogen-bond acceptors (Lipinski definition) is 4. The molecule has 2 aliphatic rings. The van der Waals surface area contributed by atoms with Crippen LogP contribution < -0.4 is 0 Å². The first-order valence-corrected chi connectivity index (χ1v) is 8.97. The van der Waals surface area contributed by atoms with Gasteiger partial charge >= 0.3 is 0 Å². The van der Waals surface area contributed by atoms with Gasteiger partial charge in [-0.05, 0) is 12.1 Å². The summed E-state index contributed by atoms with van der Waals surface area (Å²) in [6, 6.07) is 10.2. The average Bonchev–Trinajstić information content (AvgIpc) is 3.34. The average molecular weight is 347 g/mol. The molecule has 132 valence electrons. The van der Waals surface area contributed by atoms with E-state index in [1.807, 2.05) is 29.4 Å². The summed E-state index contributed by atoms with van der Waals surface area (Å²) in [4.78, 5) is 19.0. The van der Waals surface area contributed by atoms with Crippen molar-refractivity contribution < 1.29 is 4.79 Å². The van der Waals surface area contributed by atoms with Crippen LogP contribution in [0.4, 0.5) is 0 Å². The molecule has 0 fully saturated rings. The lowest BCUT2D eigenvalue weighted by atomic mass is 10.0. The first kappa shape index (κ1) is 16.5. The maximum atomic E-state index is 12.6. The van der Waals surface area contributed by atoms with Crippen molar-refractivity contribution in [3.05, 3.63) is 48.0 Å². The summed E-state index contributed by atoms with van der Waals surface area (Å²) in [7, 11) is 0. The second-order valence-corrected chi connectivity index (χ2v) is 6.80. The van der Waals surface area contributed by atoms with E-state index in [1.165, 1.54) is 5.69 Å². The van der Waals surface area contributed by atoms with E-state index < -0.39 is 5.66 Å². The Kier molecular flexibility index (Phi) is 4.29. The minimum absolute atomic E-state index is 0.141. The molecule has 26 heavy (non-hydrogen) atoms. The highest BCUT2D eigenvalue weighted by Gasteiger charge is 2.39. The van der Waals surface area contributed by atoms with Gasteiger partial charge in [0.05, 0.1) is 18.6 Å². The zero-order valence-corrected chi connectivity index (χ0v) is 14.6. The highest BCUT2D eigenvalue weighted by atomic mass is 16.2. The smallest absolute Gasteiger partial charge is 0.223 e. The second-order valence-electron chi connectivity index (χ2n) is 6.80. The molecule has 1 aromatic heterocycles. The number of terminal acetylenes is 1. The lowest BCUT2D eigenvalue weighted by molar-refractivity contribution is -0.132. The summed E-state index contributed by atoms with van der Waals surface area (Å²) in [6.45, 7) is 1.29. The summed E-state index contributed by atoms with van der Waals surface area (Å²) in [6.07, 6.45) is 10.5. The van der Waals surface area contributed by atoms with Gasteiger partial charge < -0.3 is 9.47 Å². The van der Waals surface area contributed by atoms with Crippen LogP contribution in [-0.2, 0) is 17.8 Å². The van der Waals surface area contributed by atoms with Gasteiger partial charge in [0.25, 0.3) is 0 Å². The number of rotatable bonds is 6. The molecule has 0 bridgehead atoms. The summed E-state index contributed by atoms with van der Waals surface area (Å²) >= 11 is 0. The Morgan fingerprint density at radius 2 is 2.04 bits per heavy atom. The van der Waals surface area contributed by atoms with Gasteiger partial charge in [-0.3, -0.25) is 4.79 Å². The highest BCUT2D eigenvalue weighted by Crippen LogP contribution is 2.37. The third kappa shape index (κ3) is 3.25. The summed E-state index contributed by atoms with van der Waals surface area (Å²) in [5.41, 5.74) is 2.89. The van der Waals surface area contributed by atoms with Crippen molar-refractivity contribution in [2.75, 3.05) is 6.54 Å². The number of fused-ring (bicyclic) bond motifs is 1. The van der Waals surface area contributed by atoms with Crippen LogP contribution in [0.15, 0.2) is 46.9 Å². The zero-order chi connectivity index (χ0) is 18.0. The topological polar surface area (TPSA) is 62.9 Å². The number of para-hydroxylation sites is 1. The Bertz CT molecular complexity index is 871. The van der Waals surface area contributed by atoms with Gasteiger partial charge in [0.1, 0.15) is 0 Å². The number of benzene rings is 1. The highest BCUT2D eigenvalue weighted by molar-refractivity contribution is 5.76. The minimum Gasteiger partial charge on any atom is -0.336 e. The first-order chi connectivity index (χ1) is 12.7. The number of carbonyl (C=O) groups excluding carboxylic acids is 1. The van der Waals surface area contributed by atoms with Crippen molar-refractivity contribution in [1.82, 2.24) is 14.5 Å². The van der Waals surface area contributed by atoms with Gasteiger partial charge in [0.15, 0.2) is 5.66 Å². The van der Waals surface area contributed by atoms with Crippen molar-refractivity contribution in [2.24, 2.45) is 10.2 Å². The van der Waals surface area contributed by atoms with Gasteiger partial charge in [-0.25, -0.2) is 4.98 Å². The van der Waals surface area contributed by atoms with Crippen LogP contribution in [0, 0.1) is 12.3 Å².